The average molecular weight is 259 g/mol. The molecule has 0 amide bonds. The van der Waals surface area contributed by atoms with Crippen molar-refractivity contribution in [2.45, 2.75) is 57.5 Å². The first-order chi connectivity index (χ1) is 9.24. The van der Waals surface area contributed by atoms with E-state index >= 15 is 0 Å². The standard InChI is InChI=1S/C16H25N3/c1-13(11-12-14-7-3-2-4-8-14)18-16(17)19-15-9-5-6-10-15/h2-4,7-8,13,15H,5-6,9-12H2,1H3,(H3,17,18,19). The molecule has 0 saturated heterocycles. The van der Waals surface area contributed by atoms with Gasteiger partial charge in [-0.1, -0.05) is 43.2 Å². The third kappa shape index (κ3) is 4.93. The molecule has 0 radical (unpaired) electrons. The van der Waals surface area contributed by atoms with Crippen molar-refractivity contribution in [3.8, 4) is 0 Å². The van der Waals surface area contributed by atoms with Crippen LogP contribution in [0.2, 0.25) is 0 Å². The molecule has 0 bridgehead atoms. The molecule has 1 aliphatic rings. The molecule has 1 aromatic carbocycles. The van der Waals surface area contributed by atoms with Crippen LogP contribution in [-0.4, -0.2) is 18.0 Å². The summed E-state index contributed by atoms with van der Waals surface area (Å²) in [6.45, 7) is 2.17. The lowest BCUT2D eigenvalue weighted by atomic mass is 10.1. The molecule has 3 N–H and O–H groups in total. The van der Waals surface area contributed by atoms with E-state index in [1.54, 1.807) is 0 Å². The number of hydrogen-bond acceptors (Lipinski definition) is 1. The topological polar surface area (TPSA) is 50.4 Å². The molecule has 0 heterocycles. The third-order valence-electron chi connectivity index (χ3n) is 3.75. The first-order valence-electron chi connectivity index (χ1n) is 7.38. The number of benzene rings is 1. The van der Waals surface area contributed by atoms with Crippen molar-refractivity contribution < 1.29 is 0 Å². The van der Waals surface area contributed by atoms with E-state index in [-0.39, 0.29) is 0 Å². The first-order valence-corrected chi connectivity index (χ1v) is 7.38. The molecule has 3 nitrogen and oxygen atoms in total. The predicted molar refractivity (Wildman–Crippen MR) is 81.2 cm³/mol. The Hall–Kier alpha value is -1.51. The zero-order valence-corrected chi connectivity index (χ0v) is 11.8. The van der Waals surface area contributed by atoms with Crippen LogP contribution in [-0.2, 0) is 6.42 Å². The fraction of sp³-hybridized carbons (Fsp3) is 0.562. The Morgan fingerprint density at radius 2 is 2.00 bits per heavy atom. The Balaban J connectivity index is 1.72. The van der Waals surface area contributed by atoms with Gasteiger partial charge in [0, 0.05) is 6.04 Å². The highest BCUT2D eigenvalue weighted by Crippen LogP contribution is 2.20. The molecule has 19 heavy (non-hydrogen) atoms. The van der Waals surface area contributed by atoms with E-state index in [4.69, 9.17) is 5.73 Å². The van der Waals surface area contributed by atoms with Crippen molar-refractivity contribution in [2.24, 2.45) is 10.7 Å². The van der Waals surface area contributed by atoms with Crippen molar-refractivity contribution in [1.29, 1.82) is 0 Å². The lowest BCUT2D eigenvalue weighted by Gasteiger charge is -2.15. The van der Waals surface area contributed by atoms with Crippen LogP contribution in [0, 0.1) is 0 Å². The van der Waals surface area contributed by atoms with Crippen LogP contribution in [0.15, 0.2) is 35.3 Å². The summed E-state index contributed by atoms with van der Waals surface area (Å²) in [5.74, 6) is 0.618. The molecule has 104 valence electrons. The molecule has 1 aromatic rings. The molecule has 0 aliphatic heterocycles. The third-order valence-corrected chi connectivity index (χ3v) is 3.75. The number of aliphatic imine (C=N–C) groups is 1. The zero-order chi connectivity index (χ0) is 13.5. The number of nitrogens with two attached hydrogens (primary N) is 1. The summed E-state index contributed by atoms with van der Waals surface area (Å²) >= 11 is 0. The van der Waals surface area contributed by atoms with Gasteiger partial charge < -0.3 is 11.1 Å². The van der Waals surface area contributed by atoms with Gasteiger partial charge in [-0.05, 0) is 38.2 Å². The summed E-state index contributed by atoms with van der Waals surface area (Å²) in [4.78, 5) is 4.55. The number of hydrogen-bond donors (Lipinski definition) is 2. The number of rotatable bonds is 5. The zero-order valence-electron chi connectivity index (χ0n) is 11.8. The number of aryl methyl sites for hydroxylation is 1. The number of nitrogens with one attached hydrogen (secondary N) is 1. The first kappa shape index (κ1) is 13.9. The average Bonchev–Trinajstić information content (AvgIpc) is 2.90. The molecule has 2 rings (SSSR count). The second kappa shape index (κ2) is 7.17. The van der Waals surface area contributed by atoms with Gasteiger partial charge in [-0.3, -0.25) is 4.99 Å². The summed E-state index contributed by atoms with van der Waals surface area (Å²) in [6, 6.07) is 11.4. The number of nitrogens with zero attached hydrogens (tertiary/aromatic N) is 1. The molecule has 1 atom stereocenters. The summed E-state index contributed by atoms with van der Waals surface area (Å²) in [5.41, 5.74) is 7.34. The van der Waals surface area contributed by atoms with Gasteiger partial charge in [-0.2, -0.15) is 0 Å². The molecule has 1 fully saturated rings. The van der Waals surface area contributed by atoms with Crippen LogP contribution in [0.4, 0.5) is 0 Å². The molecule has 0 spiro atoms. The molecule has 0 aromatic heterocycles. The van der Waals surface area contributed by atoms with Crippen molar-refractivity contribution >= 4 is 5.96 Å². The van der Waals surface area contributed by atoms with Crippen LogP contribution in [0.3, 0.4) is 0 Å². The van der Waals surface area contributed by atoms with Gasteiger partial charge in [0.1, 0.15) is 0 Å². The SMILES string of the molecule is CC(CCc1ccccc1)NC(N)=NC1CCCC1. The molecular formula is C16H25N3. The molecule has 3 heteroatoms. The maximum atomic E-state index is 5.96. The quantitative estimate of drug-likeness (QED) is 0.631. The van der Waals surface area contributed by atoms with E-state index in [1.165, 1.54) is 31.2 Å². The van der Waals surface area contributed by atoms with Gasteiger partial charge in [0.15, 0.2) is 5.96 Å². The Kier molecular flexibility index (Phi) is 5.25. The minimum absolute atomic E-state index is 0.366. The van der Waals surface area contributed by atoms with Crippen molar-refractivity contribution in [1.82, 2.24) is 5.32 Å². The van der Waals surface area contributed by atoms with Crippen LogP contribution >= 0.6 is 0 Å². The molecule has 1 unspecified atom stereocenters. The van der Waals surface area contributed by atoms with Crippen LogP contribution in [0.5, 0.6) is 0 Å². The Morgan fingerprint density at radius 3 is 2.68 bits per heavy atom. The van der Waals surface area contributed by atoms with Gasteiger partial charge in [0.2, 0.25) is 0 Å². The van der Waals surface area contributed by atoms with Gasteiger partial charge in [0.25, 0.3) is 0 Å². The molecular weight excluding hydrogens is 234 g/mol. The van der Waals surface area contributed by atoms with Gasteiger partial charge in [-0.25, -0.2) is 0 Å². The summed E-state index contributed by atoms with van der Waals surface area (Å²) in [7, 11) is 0. The monoisotopic (exact) mass is 259 g/mol. The normalized spacial score (nSPS) is 18.5. The van der Waals surface area contributed by atoms with Gasteiger partial charge in [0.05, 0.1) is 6.04 Å². The molecule has 1 aliphatic carbocycles. The summed E-state index contributed by atoms with van der Waals surface area (Å²) in [6.07, 6.45) is 7.13. The Bertz CT molecular complexity index is 394. The lowest BCUT2D eigenvalue weighted by Crippen LogP contribution is -2.39. The fourth-order valence-corrected chi connectivity index (χ4v) is 2.62. The Morgan fingerprint density at radius 1 is 1.32 bits per heavy atom. The van der Waals surface area contributed by atoms with E-state index in [1.807, 2.05) is 0 Å². The van der Waals surface area contributed by atoms with Crippen LogP contribution in [0.25, 0.3) is 0 Å². The van der Waals surface area contributed by atoms with E-state index in [9.17, 15) is 0 Å². The largest absolute Gasteiger partial charge is 0.370 e. The van der Waals surface area contributed by atoms with Gasteiger partial charge in [-0.15, -0.1) is 0 Å². The smallest absolute Gasteiger partial charge is 0.189 e. The van der Waals surface area contributed by atoms with Crippen molar-refractivity contribution in [3.63, 3.8) is 0 Å². The van der Waals surface area contributed by atoms with Crippen molar-refractivity contribution in [3.05, 3.63) is 35.9 Å². The minimum atomic E-state index is 0.366. The lowest BCUT2D eigenvalue weighted by molar-refractivity contribution is 0.596. The predicted octanol–water partition coefficient (Wildman–Crippen LogP) is 2.85. The second-order valence-electron chi connectivity index (χ2n) is 5.52. The maximum absolute atomic E-state index is 5.96. The summed E-state index contributed by atoms with van der Waals surface area (Å²) in [5, 5.41) is 3.30. The van der Waals surface area contributed by atoms with E-state index in [0.29, 0.717) is 18.0 Å². The maximum Gasteiger partial charge on any atom is 0.189 e. The fourth-order valence-electron chi connectivity index (χ4n) is 2.62. The highest BCUT2D eigenvalue weighted by Gasteiger charge is 2.14. The Labute approximate surface area is 116 Å². The van der Waals surface area contributed by atoms with Crippen LogP contribution in [0.1, 0.15) is 44.6 Å². The van der Waals surface area contributed by atoms with E-state index in [2.05, 4.69) is 47.6 Å². The van der Waals surface area contributed by atoms with Crippen LogP contribution < -0.4 is 11.1 Å². The second-order valence-corrected chi connectivity index (χ2v) is 5.52. The van der Waals surface area contributed by atoms with Crippen molar-refractivity contribution in [2.75, 3.05) is 0 Å². The van der Waals surface area contributed by atoms with Gasteiger partial charge >= 0.3 is 0 Å². The highest BCUT2D eigenvalue weighted by atomic mass is 15.1. The minimum Gasteiger partial charge on any atom is -0.370 e. The molecule has 1 saturated carbocycles. The van der Waals surface area contributed by atoms with E-state index in [0.717, 1.165) is 12.8 Å². The van der Waals surface area contributed by atoms with E-state index < -0.39 is 0 Å². The summed E-state index contributed by atoms with van der Waals surface area (Å²) < 4.78 is 0. The number of guanidine groups is 1. The highest BCUT2D eigenvalue weighted by molar-refractivity contribution is 5.78.